The van der Waals surface area contributed by atoms with Crippen LogP contribution in [0.1, 0.15) is 239 Å². The lowest BCUT2D eigenvalue weighted by Crippen LogP contribution is -2.61. The molecule has 0 spiro atoms. The highest BCUT2D eigenvalue weighted by Crippen LogP contribution is 2.27. The van der Waals surface area contributed by atoms with Crippen LogP contribution in [0.25, 0.3) is 0 Å². The molecule has 0 aliphatic carbocycles. The number of carbonyl (C=O) groups excluding carboxylic acids is 1. The Morgan fingerprint density at radius 2 is 0.779 bits per heavy atom. The van der Waals surface area contributed by atoms with Crippen molar-refractivity contribution in [1.82, 2.24) is 0 Å². The van der Waals surface area contributed by atoms with E-state index < -0.39 is 80.7 Å². The molecule has 0 bridgehead atoms. The lowest BCUT2D eigenvalue weighted by atomic mass is 9.98. The van der Waals surface area contributed by atoms with Gasteiger partial charge in [0.15, 0.2) is 12.6 Å². The molecule has 2 aliphatic heterocycles. The smallest absolute Gasteiger partial charge is 0.306 e. The molecule has 14 heteroatoms. The summed E-state index contributed by atoms with van der Waals surface area (Å²) in [7, 11) is 0. The molecule has 68 heavy (non-hydrogen) atoms. The van der Waals surface area contributed by atoms with Gasteiger partial charge in [0.05, 0.1) is 26.4 Å². The third-order valence-electron chi connectivity index (χ3n) is 13.9. The molecule has 2 heterocycles. The maximum atomic E-state index is 12.9. The van der Waals surface area contributed by atoms with E-state index in [0.29, 0.717) is 13.0 Å². The molecule has 11 unspecified atom stereocenters. The van der Waals surface area contributed by atoms with Gasteiger partial charge in [0.2, 0.25) is 0 Å². The summed E-state index contributed by atoms with van der Waals surface area (Å²) < 4.78 is 34.2. The summed E-state index contributed by atoms with van der Waals surface area (Å²) >= 11 is 0. The maximum absolute atomic E-state index is 12.9. The molecular formula is C54H104O14. The van der Waals surface area contributed by atoms with Gasteiger partial charge in [0.25, 0.3) is 0 Å². The fourth-order valence-electron chi connectivity index (χ4n) is 9.29. The number of unbranched alkanes of at least 4 members (excludes halogenated alkanes) is 32. The molecule has 404 valence electrons. The van der Waals surface area contributed by atoms with Gasteiger partial charge in [0, 0.05) is 13.0 Å². The molecule has 0 aromatic rings. The van der Waals surface area contributed by atoms with Crippen LogP contribution in [-0.4, -0.2) is 142 Å². The number of hydrogen-bond acceptors (Lipinski definition) is 14. The monoisotopic (exact) mass is 977 g/mol. The van der Waals surface area contributed by atoms with Crippen molar-refractivity contribution in [2.75, 3.05) is 33.0 Å². The van der Waals surface area contributed by atoms with Crippen molar-refractivity contribution in [3.05, 3.63) is 0 Å². The number of esters is 1. The van der Waals surface area contributed by atoms with Crippen LogP contribution in [0, 0.1) is 0 Å². The summed E-state index contributed by atoms with van der Waals surface area (Å²) in [6.45, 7) is 3.70. The molecule has 2 fully saturated rings. The molecule has 14 nitrogen and oxygen atoms in total. The normalized spacial score (nSPS) is 25.8. The topological polar surface area (TPSA) is 214 Å². The second kappa shape index (κ2) is 42.5. The Bertz CT molecular complexity index is 1130. The van der Waals surface area contributed by atoms with E-state index in [1.165, 1.54) is 173 Å². The van der Waals surface area contributed by atoms with Gasteiger partial charge in [-0.1, -0.05) is 219 Å². The summed E-state index contributed by atoms with van der Waals surface area (Å²) in [5, 5.41) is 72.0. The van der Waals surface area contributed by atoms with Gasteiger partial charge in [-0.25, -0.2) is 0 Å². The highest BCUT2D eigenvalue weighted by molar-refractivity contribution is 5.69. The van der Waals surface area contributed by atoms with Gasteiger partial charge in [-0.3, -0.25) is 4.79 Å². The second-order valence-electron chi connectivity index (χ2n) is 20.1. The number of aliphatic hydroxyl groups is 7. The first-order chi connectivity index (χ1) is 33.1. The summed E-state index contributed by atoms with van der Waals surface area (Å²) in [6.07, 6.45) is 27.8. The van der Waals surface area contributed by atoms with Gasteiger partial charge in [-0.15, -0.1) is 0 Å². The molecule has 0 aromatic heterocycles. The third kappa shape index (κ3) is 29.5. The van der Waals surface area contributed by atoms with Crippen molar-refractivity contribution in [1.29, 1.82) is 0 Å². The fraction of sp³-hybridized carbons (Fsp3) is 0.981. The first kappa shape index (κ1) is 63.1. The molecular weight excluding hydrogens is 873 g/mol. The van der Waals surface area contributed by atoms with Crippen LogP contribution < -0.4 is 0 Å². The number of carbonyl (C=O) groups is 1. The number of hydrogen-bond donors (Lipinski definition) is 7. The van der Waals surface area contributed by atoms with Crippen molar-refractivity contribution in [3.8, 4) is 0 Å². The van der Waals surface area contributed by atoms with E-state index in [0.717, 1.165) is 38.5 Å². The predicted octanol–water partition coefficient (Wildman–Crippen LogP) is 9.25. The molecule has 0 aromatic carbocycles. The zero-order chi connectivity index (χ0) is 49.5. The zero-order valence-corrected chi connectivity index (χ0v) is 43.1. The fourth-order valence-corrected chi connectivity index (χ4v) is 9.29. The van der Waals surface area contributed by atoms with Gasteiger partial charge < -0.3 is 64.2 Å². The molecule has 11 atom stereocenters. The van der Waals surface area contributed by atoms with Crippen molar-refractivity contribution >= 4 is 5.97 Å². The zero-order valence-electron chi connectivity index (χ0n) is 43.1. The van der Waals surface area contributed by atoms with Gasteiger partial charge >= 0.3 is 5.97 Å². The second-order valence-corrected chi connectivity index (χ2v) is 20.1. The summed E-state index contributed by atoms with van der Waals surface area (Å²) in [6, 6.07) is 0. The Hall–Kier alpha value is -1.01. The molecule has 2 aliphatic rings. The van der Waals surface area contributed by atoms with Crippen LogP contribution in [-0.2, 0) is 33.2 Å². The van der Waals surface area contributed by atoms with E-state index in [-0.39, 0.29) is 25.6 Å². The standard InChI is InChI=1S/C54H104O14/c1-3-5-7-9-11-13-14-15-16-17-18-19-20-21-22-23-24-25-26-27-28-29-30-32-34-36-38-63-40-43(66-46(56)37-35-33-31-12-10-8-6-4-2)41-64-53-52(62)50(60)48(58)45(68-53)42-65-54-51(61)49(59)47(57)44(39-55)67-54/h43-45,47-55,57-62H,3-42H2,1-2H3. The Balaban J connectivity index is 1.61. The van der Waals surface area contributed by atoms with Crippen LogP contribution in [0.4, 0.5) is 0 Å². The minimum atomic E-state index is -1.70. The minimum absolute atomic E-state index is 0.0697. The van der Waals surface area contributed by atoms with Crippen LogP contribution in [0.3, 0.4) is 0 Å². The highest BCUT2D eigenvalue weighted by Gasteiger charge is 2.47. The lowest BCUT2D eigenvalue weighted by Gasteiger charge is -2.42. The summed E-state index contributed by atoms with van der Waals surface area (Å²) in [4.78, 5) is 12.9. The Labute approximate surface area is 412 Å². The van der Waals surface area contributed by atoms with Crippen LogP contribution in [0.5, 0.6) is 0 Å². The quantitative estimate of drug-likeness (QED) is 0.0224. The Morgan fingerprint density at radius 3 is 1.19 bits per heavy atom. The van der Waals surface area contributed by atoms with E-state index in [1.807, 2.05) is 0 Å². The van der Waals surface area contributed by atoms with Gasteiger partial charge in [-0.05, 0) is 12.8 Å². The van der Waals surface area contributed by atoms with E-state index >= 15 is 0 Å². The molecule has 7 N–H and O–H groups in total. The predicted molar refractivity (Wildman–Crippen MR) is 266 cm³/mol. The SMILES string of the molecule is CCCCCCCCCCCCCCCCCCCCCCCCCCCCOCC(COC1OC(COC2OC(CO)C(O)C(O)C2O)C(O)C(O)C1O)OC(=O)CCCCCCCCCC. The van der Waals surface area contributed by atoms with Gasteiger partial charge in [-0.2, -0.15) is 0 Å². The largest absolute Gasteiger partial charge is 0.457 e. The minimum Gasteiger partial charge on any atom is -0.457 e. The van der Waals surface area contributed by atoms with Crippen molar-refractivity contribution < 1.29 is 69.0 Å². The van der Waals surface area contributed by atoms with Crippen LogP contribution in [0.2, 0.25) is 0 Å². The lowest BCUT2D eigenvalue weighted by molar-refractivity contribution is -0.332. The van der Waals surface area contributed by atoms with Crippen LogP contribution in [0.15, 0.2) is 0 Å². The van der Waals surface area contributed by atoms with E-state index in [4.69, 9.17) is 28.4 Å². The average molecular weight is 977 g/mol. The maximum Gasteiger partial charge on any atom is 0.306 e. The van der Waals surface area contributed by atoms with E-state index in [2.05, 4.69) is 13.8 Å². The molecule has 2 saturated heterocycles. The van der Waals surface area contributed by atoms with Crippen molar-refractivity contribution in [3.63, 3.8) is 0 Å². The average Bonchev–Trinajstić information content (AvgIpc) is 3.34. The Kier molecular flexibility index (Phi) is 39.4. The summed E-state index contributed by atoms with van der Waals surface area (Å²) in [5.41, 5.74) is 0. The highest BCUT2D eigenvalue weighted by atomic mass is 16.7. The number of aliphatic hydroxyl groups excluding tert-OH is 7. The summed E-state index contributed by atoms with van der Waals surface area (Å²) in [5.74, 6) is -0.375. The van der Waals surface area contributed by atoms with E-state index in [9.17, 15) is 40.5 Å². The molecule has 2 rings (SSSR count). The van der Waals surface area contributed by atoms with Gasteiger partial charge in [0.1, 0.15) is 54.9 Å². The number of rotatable bonds is 46. The molecule has 0 radical (unpaired) electrons. The first-order valence-corrected chi connectivity index (χ1v) is 28.1. The number of ether oxygens (including phenoxy) is 6. The first-order valence-electron chi connectivity index (χ1n) is 28.1. The van der Waals surface area contributed by atoms with Crippen molar-refractivity contribution in [2.45, 2.75) is 306 Å². The van der Waals surface area contributed by atoms with Crippen LogP contribution >= 0.6 is 0 Å². The Morgan fingerprint density at radius 1 is 0.426 bits per heavy atom. The third-order valence-corrected chi connectivity index (χ3v) is 13.9. The van der Waals surface area contributed by atoms with E-state index in [1.54, 1.807) is 0 Å². The molecule has 0 saturated carbocycles. The molecule has 0 amide bonds. The van der Waals surface area contributed by atoms with Crippen molar-refractivity contribution in [2.24, 2.45) is 0 Å².